The van der Waals surface area contributed by atoms with Gasteiger partial charge in [-0.3, -0.25) is 4.98 Å². The summed E-state index contributed by atoms with van der Waals surface area (Å²) in [4.78, 5) is 28.0. The smallest absolute Gasteiger partial charge is 0.410 e. The number of aromatic nitrogens is 3. The van der Waals surface area contributed by atoms with Crippen LogP contribution in [0.5, 0.6) is 5.75 Å². The summed E-state index contributed by atoms with van der Waals surface area (Å²) < 4.78 is 17.2. The Morgan fingerprint density at radius 3 is 2.75 bits per heavy atom. The molecule has 3 heterocycles. The van der Waals surface area contributed by atoms with Gasteiger partial charge < -0.3 is 24.4 Å². The van der Waals surface area contributed by atoms with Gasteiger partial charge >= 0.3 is 6.09 Å². The molecule has 0 spiro atoms. The topological polar surface area (TPSA) is 98.7 Å². The normalized spacial score (nSPS) is 16.1. The van der Waals surface area contributed by atoms with Crippen molar-refractivity contribution in [3.63, 3.8) is 0 Å². The summed E-state index contributed by atoms with van der Waals surface area (Å²) in [6.07, 6.45) is 4.84. The van der Waals surface area contributed by atoms with Gasteiger partial charge in [0.05, 0.1) is 37.1 Å². The molecule has 4 rings (SSSR count). The molecule has 1 atom stereocenters. The first-order valence-corrected chi connectivity index (χ1v) is 13.4. The van der Waals surface area contributed by atoms with Crippen LogP contribution in [0.4, 0.5) is 10.6 Å². The van der Waals surface area contributed by atoms with Crippen LogP contribution >= 0.6 is 11.8 Å². The van der Waals surface area contributed by atoms with E-state index in [1.54, 1.807) is 29.1 Å². The molecule has 10 heteroatoms. The number of fused-ring (bicyclic) bond motifs is 1. The standard InChI is InChI=1S/C26H33N5O4S/c1-26(2,3)35-25(32)31-11-12-33-20(17-31)16-29-24-23-22(27-9-10-28-23)15-21(30-24)18-5-7-19(8-6-18)34-13-14-36-4/h5-10,15,20H,11-14,16-17H2,1-4H3,(H,29,30)/t20-/m1/s1. The maximum absolute atomic E-state index is 12.5. The minimum absolute atomic E-state index is 0.207. The van der Waals surface area contributed by atoms with Crippen LogP contribution in [0, 0.1) is 0 Å². The summed E-state index contributed by atoms with van der Waals surface area (Å²) >= 11 is 1.75. The van der Waals surface area contributed by atoms with Crippen molar-refractivity contribution < 1.29 is 19.0 Å². The third kappa shape index (κ3) is 6.98. The number of hydrogen-bond donors (Lipinski definition) is 1. The summed E-state index contributed by atoms with van der Waals surface area (Å²) in [5.74, 6) is 2.40. The zero-order valence-corrected chi connectivity index (χ0v) is 22.0. The van der Waals surface area contributed by atoms with Crippen molar-refractivity contribution in [2.75, 3.05) is 50.2 Å². The number of benzene rings is 1. The van der Waals surface area contributed by atoms with Crippen molar-refractivity contribution in [2.45, 2.75) is 32.5 Å². The van der Waals surface area contributed by atoms with E-state index >= 15 is 0 Å². The van der Waals surface area contributed by atoms with Crippen LogP contribution in [0.25, 0.3) is 22.3 Å². The molecule has 0 unspecified atom stereocenters. The van der Waals surface area contributed by atoms with Crippen LogP contribution in [0.3, 0.4) is 0 Å². The summed E-state index contributed by atoms with van der Waals surface area (Å²) in [6, 6.07) is 9.81. The first-order valence-electron chi connectivity index (χ1n) is 12.0. The Morgan fingerprint density at radius 2 is 2.00 bits per heavy atom. The lowest BCUT2D eigenvalue weighted by atomic mass is 10.1. The Hall–Kier alpha value is -3.11. The predicted octanol–water partition coefficient (Wildman–Crippen LogP) is 4.48. The van der Waals surface area contributed by atoms with Gasteiger partial charge in [-0.2, -0.15) is 11.8 Å². The third-order valence-electron chi connectivity index (χ3n) is 5.45. The van der Waals surface area contributed by atoms with E-state index in [9.17, 15) is 4.79 Å². The Labute approximate surface area is 216 Å². The fourth-order valence-corrected chi connectivity index (χ4v) is 4.00. The van der Waals surface area contributed by atoms with Crippen LogP contribution < -0.4 is 10.1 Å². The summed E-state index contributed by atoms with van der Waals surface area (Å²) in [5, 5.41) is 3.38. The molecule has 2 aromatic heterocycles. The number of ether oxygens (including phenoxy) is 3. The second kappa shape index (κ2) is 11.7. The molecule has 0 bridgehead atoms. The Kier molecular flexibility index (Phi) is 8.48. The van der Waals surface area contributed by atoms with Gasteiger partial charge in [0.25, 0.3) is 0 Å². The number of anilines is 1. The van der Waals surface area contributed by atoms with Crippen molar-refractivity contribution in [1.29, 1.82) is 0 Å². The molecule has 1 fully saturated rings. The Morgan fingerprint density at radius 1 is 1.22 bits per heavy atom. The quantitative estimate of drug-likeness (QED) is 0.439. The highest BCUT2D eigenvalue weighted by Gasteiger charge is 2.28. The van der Waals surface area contributed by atoms with E-state index in [2.05, 4.69) is 21.5 Å². The predicted molar refractivity (Wildman–Crippen MR) is 143 cm³/mol. The molecular formula is C26H33N5O4S. The molecular weight excluding hydrogens is 478 g/mol. The highest BCUT2D eigenvalue weighted by molar-refractivity contribution is 7.98. The summed E-state index contributed by atoms with van der Waals surface area (Å²) in [7, 11) is 0. The zero-order valence-electron chi connectivity index (χ0n) is 21.2. The van der Waals surface area contributed by atoms with Crippen molar-refractivity contribution in [3.8, 4) is 17.0 Å². The molecule has 36 heavy (non-hydrogen) atoms. The van der Waals surface area contributed by atoms with E-state index < -0.39 is 5.60 Å². The number of morpholine rings is 1. The third-order valence-corrected chi connectivity index (χ3v) is 6.03. The molecule has 0 aliphatic carbocycles. The molecule has 1 saturated heterocycles. The second-order valence-corrected chi connectivity index (χ2v) is 10.4. The molecule has 0 radical (unpaired) electrons. The maximum atomic E-state index is 12.5. The lowest BCUT2D eigenvalue weighted by Crippen LogP contribution is -2.49. The zero-order chi connectivity index (χ0) is 25.5. The molecule has 1 aliphatic heterocycles. The van der Waals surface area contributed by atoms with Crippen LogP contribution in [-0.2, 0) is 9.47 Å². The van der Waals surface area contributed by atoms with Crippen LogP contribution in [0.2, 0.25) is 0 Å². The highest BCUT2D eigenvalue weighted by atomic mass is 32.2. The Balaban J connectivity index is 1.48. The average Bonchev–Trinajstić information content (AvgIpc) is 2.87. The lowest BCUT2D eigenvalue weighted by Gasteiger charge is -2.34. The first kappa shape index (κ1) is 26.0. The number of amides is 1. The van der Waals surface area contributed by atoms with E-state index in [-0.39, 0.29) is 12.2 Å². The number of carbonyl (C=O) groups excluding carboxylic acids is 1. The first-order chi connectivity index (χ1) is 17.3. The fraction of sp³-hybridized carbons (Fsp3) is 0.462. The number of nitrogens with one attached hydrogen (secondary N) is 1. The summed E-state index contributed by atoms with van der Waals surface area (Å²) in [5.41, 5.74) is 2.61. The number of carbonyl (C=O) groups is 1. The van der Waals surface area contributed by atoms with E-state index in [4.69, 9.17) is 19.2 Å². The molecule has 3 aromatic rings. The van der Waals surface area contributed by atoms with Crippen molar-refractivity contribution >= 4 is 34.7 Å². The second-order valence-electron chi connectivity index (χ2n) is 9.45. The number of pyridine rings is 1. The molecule has 0 saturated carbocycles. The van der Waals surface area contributed by atoms with Crippen LogP contribution in [0.1, 0.15) is 20.8 Å². The largest absolute Gasteiger partial charge is 0.493 e. The molecule has 9 nitrogen and oxygen atoms in total. The van der Waals surface area contributed by atoms with Crippen LogP contribution in [-0.4, -0.2) is 82.5 Å². The number of hydrogen-bond acceptors (Lipinski definition) is 9. The van der Waals surface area contributed by atoms with Gasteiger partial charge in [0.15, 0.2) is 5.82 Å². The van der Waals surface area contributed by atoms with Crippen molar-refractivity contribution in [2.24, 2.45) is 0 Å². The van der Waals surface area contributed by atoms with Crippen molar-refractivity contribution in [3.05, 3.63) is 42.7 Å². The van der Waals surface area contributed by atoms with Crippen molar-refractivity contribution in [1.82, 2.24) is 19.9 Å². The summed E-state index contributed by atoms with van der Waals surface area (Å²) in [6.45, 7) is 8.11. The molecule has 192 valence electrons. The van der Waals surface area contributed by atoms with Gasteiger partial charge in [-0.1, -0.05) is 0 Å². The SMILES string of the molecule is CSCCOc1ccc(-c2cc3nccnc3c(NC[C@@H]3CN(C(=O)OC(C)(C)C)CCO3)n2)cc1. The average molecular weight is 512 g/mol. The molecule has 1 N–H and O–H groups in total. The van der Waals surface area contributed by atoms with E-state index in [0.29, 0.717) is 44.2 Å². The van der Waals surface area contributed by atoms with Crippen LogP contribution in [0.15, 0.2) is 42.7 Å². The lowest BCUT2D eigenvalue weighted by molar-refractivity contribution is -0.0371. The van der Waals surface area contributed by atoms with Gasteiger partial charge in [0, 0.05) is 36.8 Å². The van der Waals surface area contributed by atoms with Gasteiger partial charge in [-0.25, -0.2) is 14.8 Å². The van der Waals surface area contributed by atoms with E-state index in [1.165, 1.54) is 0 Å². The van der Waals surface area contributed by atoms with E-state index in [0.717, 1.165) is 28.3 Å². The molecule has 1 aromatic carbocycles. The Bertz CT molecular complexity index is 1170. The molecule has 1 aliphatic rings. The van der Waals surface area contributed by atoms with Gasteiger partial charge in [-0.15, -0.1) is 0 Å². The number of thioether (sulfide) groups is 1. The highest BCUT2D eigenvalue weighted by Crippen LogP contribution is 2.27. The minimum Gasteiger partial charge on any atom is -0.493 e. The number of nitrogens with zero attached hydrogens (tertiary/aromatic N) is 4. The minimum atomic E-state index is -0.538. The van der Waals surface area contributed by atoms with Gasteiger partial charge in [0.2, 0.25) is 0 Å². The monoisotopic (exact) mass is 511 g/mol. The molecule has 1 amide bonds. The fourth-order valence-electron chi connectivity index (χ4n) is 3.75. The van der Waals surface area contributed by atoms with Gasteiger partial charge in [-0.05, 0) is 57.4 Å². The number of rotatable bonds is 8. The maximum Gasteiger partial charge on any atom is 0.410 e. The van der Waals surface area contributed by atoms with Gasteiger partial charge in [0.1, 0.15) is 16.9 Å². The van der Waals surface area contributed by atoms with E-state index in [1.807, 2.05) is 51.1 Å².